The van der Waals surface area contributed by atoms with Gasteiger partial charge < -0.3 is 9.64 Å². The van der Waals surface area contributed by atoms with E-state index >= 15 is 0 Å². The fourth-order valence-electron chi connectivity index (χ4n) is 2.97. The van der Waals surface area contributed by atoms with Crippen LogP contribution in [0.4, 0.5) is 10.2 Å². The molecule has 0 bridgehead atoms. The zero-order chi connectivity index (χ0) is 15.9. The van der Waals surface area contributed by atoms with Gasteiger partial charge in [0.25, 0.3) is 0 Å². The number of nitrogens with zero attached hydrogens (tertiary/aromatic N) is 3. The highest BCUT2D eigenvalue weighted by atomic mass is 35.5. The van der Waals surface area contributed by atoms with Gasteiger partial charge in [0, 0.05) is 24.9 Å². The Bertz CT molecular complexity index is 701. The standard InChI is InChI=1S/C16H19ClFN3O/c1-10(2)12-5-20-15(13-6-19-14(17)4-11(12)13)21-7-16(18,8-21)9-22-3/h4-6,10H,7-9H2,1-3H3. The van der Waals surface area contributed by atoms with Crippen LogP contribution in [0.2, 0.25) is 5.15 Å². The van der Waals surface area contributed by atoms with Crippen molar-refractivity contribution in [1.82, 2.24) is 9.97 Å². The minimum atomic E-state index is -1.29. The molecule has 0 amide bonds. The topological polar surface area (TPSA) is 38.2 Å². The molecule has 2 aromatic heterocycles. The van der Waals surface area contributed by atoms with Gasteiger partial charge in [0.05, 0.1) is 19.7 Å². The van der Waals surface area contributed by atoms with Crippen molar-refractivity contribution in [2.24, 2.45) is 0 Å². The Kier molecular flexibility index (Phi) is 3.95. The van der Waals surface area contributed by atoms with Crippen molar-refractivity contribution >= 4 is 28.2 Å². The van der Waals surface area contributed by atoms with Crippen molar-refractivity contribution in [2.45, 2.75) is 25.4 Å². The molecule has 0 aromatic carbocycles. The van der Waals surface area contributed by atoms with Gasteiger partial charge >= 0.3 is 0 Å². The normalized spacial score (nSPS) is 17.1. The summed E-state index contributed by atoms with van der Waals surface area (Å²) in [5.41, 5.74) is -0.175. The third-order valence-corrected chi connectivity index (χ3v) is 4.23. The van der Waals surface area contributed by atoms with Gasteiger partial charge in [-0.25, -0.2) is 14.4 Å². The van der Waals surface area contributed by atoms with Gasteiger partial charge in [0.2, 0.25) is 0 Å². The molecule has 118 valence electrons. The van der Waals surface area contributed by atoms with Crippen LogP contribution in [-0.4, -0.2) is 42.4 Å². The van der Waals surface area contributed by atoms with Crippen molar-refractivity contribution in [3.05, 3.63) is 29.2 Å². The van der Waals surface area contributed by atoms with E-state index in [1.165, 1.54) is 7.11 Å². The summed E-state index contributed by atoms with van der Waals surface area (Å²) < 4.78 is 19.2. The Hall–Kier alpha value is -1.46. The van der Waals surface area contributed by atoms with Crippen molar-refractivity contribution < 1.29 is 9.13 Å². The summed E-state index contributed by atoms with van der Waals surface area (Å²) in [5, 5.41) is 2.40. The van der Waals surface area contributed by atoms with Crippen molar-refractivity contribution in [3.63, 3.8) is 0 Å². The molecular weight excluding hydrogens is 305 g/mol. The number of methoxy groups -OCH3 is 1. The lowest BCUT2D eigenvalue weighted by atomic mass is 9.95. The minimum absolute atomic E-state index is 0.107. The maximum atomic E-state index is 14.3. The molecule has 3 heterocycles. The number of hydrogen-bond acceptors (Lipinski definition) is 4. The van der Waals surface area contributed by atoms with Crippen LogP contribution in [0, 0.1) is 0 Å². The molecule has 0 N–H and O–H groups in total. The van der Waals surface area contributed by atoms with Gasteiger partial charge in [0.15, 0.2) is 5.67 Å². The lowest BCUT2D eigenvalue weighted by molar-refractivity contribution is 0.0194. The predicted molar refractivity (Wildman–Crippen MR) is 86.6 cm³/mol. The Morgan fingerprint density at radius 1 is 1.32 bits per heavy atom. The van der Waals surface area contributed by atoms with Crippen LogP contribution < -0.4 is 4.90 Å². The highest BCUT2D eigenvalue weighted by Gasteiger charge is 2.44. The summed E-state index contributed by atoms with van der Waals surface area (Å²) >= 11 is 6.04. The zero-order valence-electron chi connectivity index (χ0n) is 12.9. The quantitative estimate of drug-likeness (QED) is 0.806. The number of alkyl halides is 1. The molecule has 1 saturated heterocycles. The van der Waals surface area contributed by atoms with E-state index in [1.807, 2.05) is 17.2 Å². The molecule has 3 rings (SSSR count). The van der Waals surface area contributed by atoms with Crippen molar-refractivity contribution in [2.75, 3.05) is 31.7 Å². The third-order valence-electron chi connectivity index (χ3n) is 4.02. The molecule has 1 fully saturated rings. The Labute approximate surface area is 134 Å². The van der Waals surface area contributed by atoms with Crippen molar-refractivity contribution in [1.29, 1.82) is 0 Å². The summed E-state index contributed by atoms with van der Waals surface area (Å²) in [6.07, 6.45) is 3.58. The number of halogens is 2. The number of hydrogen-bond donors (Lipinski definition) is 0. The lowest BCUT2D eigenvalue weighted by Crippen LogP contribution is -2.61. The first-order valence-corrected chi connectivity index (χ1v) is 7.68. The smallest absolute Gasteiger partial charge is 0.168 e. The Morgan fingerprint density at radius 3 is 2.68 bits per heavy atom. The molecule has 6 heteroatoms. The average molecular weight is 324 g/mol. The molecule has 0 unspecified atom stereocenters. The maximum absolute atomic E-state index is 14.3. The summed E-state index contributed by atoms with van der Waals surface area (Å²) in [6, 6.07) is 1.86. The highest BCUT2D eigenvalue weighted by Crippen LogP contribution is 2.36. The molecule has 1 aliphatic rings. The predicted octanol–water partition coefficient (Wildman–Crippen LogP) is 3.58. The van der Waals surface area contributed by atoms with Crippen LogP contribution in [0.15, 0.2) is 18.5 Å². The molecule has 1 aliphatic heterocycles. The molecule has 0 spiro atoms. The molecule has 0 aliphatic carbocycles. The average Bonchev–Trinajstić information content (AvgIpc) is 2.43. The van der Waals surface area contributed by atoms with E-state index in [2.05, 4.69) is 23.8 Å². The van der Waals surface area contributed by atoms with Gasteiger partial charge in [-0.2, -0.15) is 0 Å². The van der Waals surface area contributed by atoms with Crippen LogP contribution in [0.3, 0.4) is 0 Å². The summed E-state index contributed by atoms with van der Waals surface area (Å²) in [4.78, 5) is 10.6. The summed E-state index contributed by atoms with van der Waals surface area (Å²) in [6.45, 7) is 4.90. The monoisotopic (exact) mass is 323 g/mol. The Morgan fingerprint density at radius 2 is 2.05 bits per heavy atom. The van der Waals surface area contributed by atoms with E-state index in [1.54, 1.807) is 6.20 Å². The summed E-state index contributed by atoms with van der Waals surface area (Å²) in [5.74, 6) is 1.08. The molecule has 0 radical (unpaired) electrons. The number of fused-ring (bicyclic) bond motifs is 1. The second-order valence-electron chi connectivity index (χ2n) is 6.18. The van der Waals surface area contributed by atoms with E-state index < -0.39 is 5.67 Å². The van der Waals surface area contributed by atoms with Crippen LogP contribution in [0.1, 0.15) is 25.3 Å². The van der Waals surface area contributed by atoms with Gasteiger partial charge in [-0.05, 0) is 22.9 Å². The van der Waals surface area contributed by atoms with Crippen molar-refractivity contribution in [3.8, 4) is 0 Å². The SMILES string of the molecule is COCC1(F)CN(c2ncc(C(C)C)c3cc(Cl)ncc23)C1. The van der Waals surface area contributed by atoms with Gasteiger partial charge in [-0.15, -0.1) is 0 Å². The first-order chi connectivity index (χ1) is 10.4. The fraction of sp³-hybridized carbons (Fsp3) is 0.500. The second-order valence-corrected chi connectivity index (χ2v) is 6.57. The first-order valence-electron chi connectivity index (χ1n) is 7.30. The highest BCUT2D eigenvalue weighted by molar-refractivity contribution is 6.30. The Balaban J connectivity index is 2.00. The third kappa shape index (κ3) is 2.63. The number of pyridine rings is 2. The number of rotatable bonds is 4. The second kappa shape index (κ2) is 5.63. The largest absolute Gasteiger partial charge is 0.381 e. The molecule has 0 saturated carbocycles. The number of aromatic nitrogens is 2. The molecular formula is C16H19ClFN3O. The zero-order valence-corrected chi connectivity index (χ0v) is 13.7. The molecule has 4 nitrogen and oxygen atoms in total. The number of anilines is 1. The van der Waals surface area contributed by atoms with Crippen LogP contribution in [0.5, 0.6) is 0 Å². The molecule has 22 heavy (non-hydrogen) atoms. The van der Waals surface area contributed by atoms with E-state index in [9.17, 15) is 4.39 Å². The first kappa shape index (κ1) is 15.4. The van der Waals surface area contributed by atoms with Gasteiger partial charge in [-0.1, -0.05) is 25.4 Å². The molecule has 0 atom stereocenters. The van der Waals surface area contributed by atoms with E-state index in [-0.39, 0.29) is 19.7 Å². The molecule has 2 aromatic rings. The van der Waals surface area contributed by atoms with Crippen LogP contribution in [0.25, 0.3) is 10.8 Å². The summed E-state index contributed by atoms with van der Waals surface area (Å²) in [7, 11) is 1.51. The minimum Gasteiger partial charge on any atom is -0.381 e. The van der Waals surface area contributed by atoms with Crippen LogP contribution >= 0.6 is 11.6 Å². The number of ether oxygens (including phenoxy) is 1. The van der Waals surface area contributed by atoms with Gasteiger partial charge in [0.1, 0.15) is 11.0 Å². The van der Waals surface area contributed by atoms with E-state index in [4.69, 9.17) is 16.3 Å². The fourth-order valence-corrected chi connectivity index (χ4v) is 3.12. The van der Waals surface area contributed by atoms with E-state index in [0.717, 1.165) is 22.2 Å². The van der Waals surface area contributed by atoms with Crippen LogP contribution in [-0.2, 0) is 4.74 Å². The van der Waals surface area contributed by atoms with Gasteiger partial charge in [-0.3, -0.25) is 0 Å². The maximum Gasteiger partial charge on any atom is 0.168 e. The van der Waals surface area contributed by atoms with E-state index in [0.29, 0.717) is 11.1 Å². The lowest BCUT2D eigenvalue weighted by Gasteiger charge is -2.45.